The number of fused-ring (bicyclic) bond motifs is 1. The number of anilines is 1. The van der Waals surface area contributed by atoms with E-state index in [1.54, 1.807) is 6.92 Å². The van der Waals surface area contributed by atoms with E-state index in [4.69, 9.17) is 4.74 Å². The molecule has 6 rings (SSSR count). The third-order valence-electron chi connectivity index (χ3n) is 7.95. The second-order valence-electron chi connectivity index (χ2n) is 10.4. The number of rotatable bonds is 6. The minimum Gasteiger partial charge on any atom is -0.454 e. The van der Waals surface area contributed by atoms with E-state index in [9.17, 15) is 14.4 Å². The summed E-state index contributed by atoms with van der Waals surface area (Å²) < 4.78 is 5.18. The van der Waals surface area contributed by atoms with E-state index < -0.39 is 12.0 Å². The van der Waals surface area contributed by atoms with Gasteiger partial charge in [0.15, 0.2) is 6.61 Å². The summed E-state index contributed by atoms with van der Waals surface area (Å²) in [5.41, 5.74) is 3.04. The third-order valence-corrected chi connectivity index (χ3v) is 7.95. The van der Waals surface area contributed by atoms with Gasteiger partial charge < -0.3 is 15.4 Å². The fraction of sp³-hybridized carbons (Fsp3) is 0.640. The number of esters is 1. The Kier molecular flexibility index (Phi) is 5.27. The molecular weight excluding hydrogens is 392 g/mol. The lowest BCUT2D eigenvalue weighted by Crippen LogP contribution is -2.56. The van der Waals surface area contributed by atoms with E-state index in [2.05, 4.69) is 10.6 Å². The molecule has 0 aliphatic heterocycles. The zero-order valence-electron chi connectivity index (χ0n) is 18.2. The molecule has 166 valence electrons. The number of amides is 2. The van der Waals surface area contributed by atoms with E-state index in [0.717, 1.165) is 44.2 Å². The summed E-state index contributed by atoms with van der Waals surface area (Å²) in [5.74, 6) is 1.07. The topological polar surface area (TPSA) is 84.5 Å². The minimum atomic E-state index is -0.756. The number of hydrogen-bond donors (Lipinski definition) is 2. The maximum Gasteiger partial charge on any atom is 0.328 e. The molecule has 4 bridgehead atoms. The van der Waals surface area contributed by atoms with E-state index in [-0.39, 0.29) is 23.8 Å². The van der Waals surface area contributed by atoms with Crippen LogP contribution in [-0.2, 0) is 32.0 Å². The Morgan fingerprint density at radius 3 is 2.35 bits per heavy atom. The first-order valence-electron chi connectivity index (χ1n) is 11.8. The normalized spacial score (nSPS) is 31.1. The zero-order valence-corrected chi connectivity index (χ0v) is 18.2. The van der Waals surface area contributed by atoms with Crippen molar-refractivity contribution in [3.8, 4) is 0 Å². The molecule has 4 saturated carbocycles. The van der Waals surface area contributed by atoms with Gasteiger partial charge in [-0.05, 0) is 106 Å². The predicted octanol–water partition coefficient (Wildman–Crippen LogP) is 3.38. The van der Waals surface area contributed by atoms with Gasteiger partial charge in [0.05, 0.1) is 0 Å². The molecule has 5 aliphatic rings. The van der Waals surface area contributed by atoms with Crippen LogP contribution in [0.4, 0.5) is 5.69 Å². The van der Waals surface area contributed by atoms with Crippen LogP contribution in [0, 0.1) is 23.2 Å². The van der Waals surface area contributed by atoms with Gasteiger partial charge in [-0.1, -0.05) is 6.07 Å². The Labute approximate surface area is 183 Å². The summed E-state index contributed by atoms with van der Waals surface area (Å²) in [7, 11) is 0. The van der Waals surface area contributed by atoms with Gasteiger partial charge in [-0.15, -0.1) is 0 Å². The van der Waals surface area contributed by atoms with Crippen LogP contribution in [0.2, 0.25) is 0 Å². The molecule has 4 fully saturated rings. The minimum absolute atomic E-state index is 0.00126. The highest BCUT2D eigenvalue weighted by Gasteiger charge is 2.54. The van der Waals surface area contributed by atoms with Gasteiger partial charge >= 0.3 is 5.97 Å². The number of carbonyl (C=O) groups excluding carboxylic acids is 3. The molecule has 1 aromatic carbocycles. The van der Waals surface area contributed by atoms with Crippen molar-refractivity contribution in [2.24, 2.45) is 23.2 Å². The van der Waals surface area contributed by atoms with E-state index in [1.807, 2.05) is 18.2 Å². The molecule has 31 heavy (non-hydrogen) atoms. The Morgan fingerprint density at radius 2 is 1.68 bits per heavy atom. The number of benzene rings is 1. The Bertz CT molecular complexity index is 873. The predicted molar refractivity (Wildman–Crippen MR) is 116 cm³/mol. The van der Waals surface area contributed by atoms with Crippen molar-refractivity contribution in [2.45, 2.75) is 70.8 Å². The van der Waals surface area contributed by atoms with Crippen molar-refractivity contribution < 1.29 is 19.1 Å². The number of nitrogens with one attached hydrogen (secondary N) is 2. The first kappa shape index (κ1) is 20.5. The van der Waals surface area contributed by atoms with E-state index in [1.165, 1.54) is 30.4 Å². The van der Waals surface area contributed by atoms with Gasteiger partial charge in [0.1, 0.15) is 6.04 Å². The van der Waals surface area contributed by atoms with Crippen LogP contribution in [0.15, 0.2) is 18.2 Å². The summed E-state index contributed by atoms with van der Waals surface area (Å²) in [6.07, 6.45) is 9.94. The second-order valence-corrected chi connectivity index (χ2v) is 10.4. The van der Waals surface area contributed by atoms with Gasteiger partial charge in [-0.25, -0.2) is 4.79 Å². The van der Waals surface area contributed by atoms with Gasteiger partial charge in [0.25, 0.3) is 5.91 Å². The molecule has 1 aromatic rings. The quantitative estimate of drug-likeness (QED) is 0.686. The molecule has 2 N–H and O–H groups in total. The summed E-state index contributed by atoms with van der Waals surface area (Å²) in [6.45, 7) is 1.28. The molecule has 0 unspecified atom stereocenters. The first-order valence-corrected chi connectivity index (χ1v) is 11.8. The first-order chi connectivity index (χ1) is 14.9. The molecule has 0 aromatic heterocycles. The van der Waals surface area contributed by atoms with Gasteiger partial charge in [0.2, 0.25) is 5.91 Å². The number of carbonyl (C=O) groups is 3. The number of ether oxygens (including phenoxy) is 1. The van der Waals surface area contributed by atoms with E-state index in [0.29, 0.717) is 17.8 Å². The van der Waals surface area contributed by atoms with Crippen molar-refractivity contribution in [3.05, 3.63) is 29.3 Å². The third kappa shape index (κ3) is 4.09. The summed E-state index contributed by atoms with van der Waals surface area (Å²) in [5, 5.41) is 5.69. The lowest BCUT2D eigenvalue weighted by Gasteiger charge is -2.55. The molecule has 6 nitrogen and oxygen atoms in total. The maximum absolute atomic E-state index is 13.1. The van der Waals surface area contributed by atoms with Crippen LogP contribution < -0.4 is 10.6 Å². The van der Waals surface area contributed by atoms with Crippen LogP contribution in [0.3, 0.4) is 0 Å². The Morgan fingerprint density at radius 1 is 1.03 bits per heavy atom. The van der Waals surface area contributed by atoms with Crippen LogP contribution in [0.1, 0.15) is 63.0 Å². The van der Waals surface area contributed by atoms with Crippen LogP contribution in [0.25, 0.3) is 0 Å². The highest BCUT2D eigenvalue weighted by Crippen LogP contribution is 2.60. The second kappa shape index (κ2) is 7.95. The van der Waals surface area contributed by atoms with Crippen molar-refractivity contribution in [1.29, 1.82) is 0 Å². The monoisotopic (exact) mass is 424 g/mol. The number of hydrogen-bond acceptors (Lipinski definition) is 4. The van der Waals surface area contributed by atoms with Gasteiger partial charge in [0, 0.05) is 11.1 Å². The van der Waals surface area contributed by atoms with Gasteiger partial charge in [-0.2, -0.15) is 0 Å². The lowest BCUT2D eigenvalue weighted by atomic mass is 9.49. The molecule has 2 amide bonds. The van der Waals surface area contributed by atoms with Crippen LogP contribution in [0.5, 0.6) is 0 Å². The van der Waals surface area contributed by atoms with Crippen LogP contribution in [-0.4, -0.2) is 30.4 Å². The molecule has 5 aliphatic carbocycles. The van der Waals surface area contributed by atoms with E-state index >= 15 is 0 Å². The average Bonchev–Trinajstić information content (AvgIpc) is 3.18. The van der Waals surface area contributed by atoms with Crippen molar-refractivity contribution in [3.63, 3.8) is 0 Å². The SMILES string of the molecule is C[C@H](NC(=O)C12CC3CC(CC(C3)C1)C2)C(=O)OCC(=O)Nc1ccc2c(c1)CCC2. The standard InChI is InChI=1S/C25H32N2O4/c1-15(26-24(30)25-11-16-7-17(12-25)9-18(8-16)13-25)23(29)31-14-22(28)27-21-6-5-19-3-2-4-20(19)10-21/h5-6,10,15-18H,2-4,7-9,11-14H2,1H3,(H,26,30)(H,27,28)/t15-,16?,17?,18?,25?/m0/s1. The molecule has 0 spiro atoms. The van der Waals surface area contributed by atoms with Gasteiger partial charge in [-0.3, -0.25) is 9.59 Å². The smallest absolute Gasteiger partial charge is 0.328 e. The molecule has 0 radical (unpaired) electrons. The Hall–Kier alpha value is -2.37. The highest BCUT2D eigenvalue weighted by atomic mass is 16.5. The fourth-order valence-corrected chi connectivity index (χ4v) is 6.91. The summed E-state index contributed by atoms with van der Waals surface area (Å²) in [6, 6.07) is 5.17. The molecular formula is C25H32N2O4. The molecule has 1 atom stereocenters. The Balaban J connectivity index is 1.10. The number of aryl methyl sites for hydroxylation is 2. The van der Waals surface area contributed by atoms with Crippen molar-refractivity contribution in [2.75, 3.05) is 11.9 Å². The van der Waals surface area contributed by atoms with Crippen molar-refractivity contribution in [1.82, 2.24) is 5.32 Å². The van der Waals surface area contributed by atoms with Crippen molar-refractivity contribution >= 4 is 23.5 Å². The van der Waals surface area contributed by atoms with Crippen LogP contribution >= 0.6 is 0 Å². The molecule has 0 heterocycles. The average molecular weight is 425 g/mol. The summed E-state index contributed by atoms with van der Waals surface area (Å²) in [4.78, 5) is 37.7. The largest absolute Gasteiger partial charge is 0.454 e. The zero-order chi connectivity index (χ0) is 21.6. The fourth-order valence-electron chi connectivity index (χ4n) is 6.91. The molecule has 0 saturated heterocycles. The molecule has 6 heteroatoms. The lowest BCUT2D eigenvalue weighted by molar-refractivity contribution is -0.154. The maximum atomic E-state index is 13.1. The summed E-state index contributed by atoms with van der Waals surface area (Å²) >= 11 is 0. The highest BCUT2D eigenvalue weighted by molar-refractivity contribution is 5.94.